The van der Waals surface area contributed by atoms with Gasteiger partial charge in [0.1, 0.15) is 6.61 Å². The van der Waals surface area contributed by atoms with Crippen LogP contribution in [0.5, 0.6) is 0 Å². The maximum Gasteiger partial charge on any atom is 0.306 e. The van der Waals surface area contributed by atoms with Gasteiger partial charge < -0.3 is 14.2 Å². The van der Waals surface area contributed by atoms with Crippen LogP contribution >= 0.6 is 0 Å². The molecule has 0 N–H and O–H groups in total. The molecule has 0 bridgehead atoms. The number of carbonyl (C=O) groups is 2. The Kier molecular flexibility index (Phi) is 57.2. The Hall–Kier alpha value is -1.10. The molecule has 0 rings (SSSR count). The Morgan fingerprint density at radius 3 is 0.773 bits per heavy atom. The van der Waals surface area contributed by atoms with Crippen molar-refractivity contribution in [2.45, 2.75) is 361 Å². The minimum absolute atomic E-state index is 0.0986. The molecule has 0 heterocycles. The van der Waals surface area contributed by atoms with E-state index in [9.17, 15) is 9.59 Å². The first kappa shape index (κ1) is 64.9. The first-order valence-corrected chi connectivity index (χ1v) is 30.6. The molecular formula is C61H120O5. The van der Waals surface area contributed by atoms with Crippen molar-refractivity contribution >= 4 is 11.9 Å². The molecule has 0 spiro atoms. The van der Waals surface area contributed by atoms with Crippen molar-refractivity contribution in [3.8, 4) is 0 Å². The van der Waals surface area contributed by atoms with Crippen molar-refractivity contribution in [3.05, 3.63) is 0 Å². The third-order valence-corrected chi connectivity index (χ3v) is 14.1. The van der Waals surface area contributed by atoms with Crippen molar-refractivity contribution in [2.24, 2.45) is 0 Å². The largest absolute Gasteiger partial charge is 0.462 e. The highest BCUT2D eigenvalue weighted by molar-refractivity contribution is 5.70. The lowest BCUT2D eigenvalue weighted by molar-refractivity contribution is -0.163. The Balaban J connectivity index is 4.14. The number of ether oxygens (including phenoxy) is 3. The topological polar surface area (TPSA) is 61.8 Å². The summed E-state index contributed by atoms with van der Waals surface area (Å²) in [4.78, 5) is 25.5. The van der Waals surface area contributed by atoms with Crippen molar-refractivity contribution < 1.29 is 23.8 Å². The number of esters is 2. The van der Waals surface area contributed by atoms with Crippen LogP contribution < -0.4 is 0 Å². The van der Waals surface area contributed by atoms with Crippen LogP contribution in [0, 0.1) is 0 Å². The molecule has 0 aliphatic carbocycles. The summed E-state index contributed by atoms with van der Waals surface area (Å²) in [6, 6.07) is 0. The predicted octanol–water partition coefficient (Wildman–Crippen LogP) is 20.8. The lowest BCUT2D eigenvalue weighted by Crippen LogP contribution is -2.30. The van der Waals surface area contributed by atoms with E-state index in [1.807, 2.05) is 0 Å². The Morgan fingerprint density at radius 2 is 0.500 bits per heavy atom. The summed E-state index contributed by atoms with van der Waals surface area (Å²) >= 11 is 0. The van der Waals surface area contributed by atoms with Gasteiger partial charge in [0.15, 0.2) is 6.10 Å². The SMILES string of the molecule is CCCCCCCCCCCCCCCCCCCCCCOCC(COC(=O)CCCCCCCCCCCCCCCCCCC)OC(=O)CCCCCCCCCCCCCCC. The minimum Gasteiger partial charge on any atom is -0.462 e. The summed E-state index contributed by atoms with van der Waals surface area (Å²) in [5.74, 6) is -0.364. The van der Waals surface area contributed by atoms with E-state index >= 15 is 0 Å². The van der Waals surface area contributed by atoms with Gasteiger partial charge in [-0.2, -0.15) is 0 Å². The monoisotopic (exact) mass is 933 g/mol. The summed E-state index contributed by atoms with van der Waals surface area (Å²) in [5.41, 5.74) is 0. The Bertz CT molecular complexity index is 921. The summed E-state index contributed by atoms with van der Waals surface area (Å²) in [6.07, 6.45) is 67.0. The minimum atomic E-state index is -0.524. The van der Waals surface area contributed by atoms with Gasteiger partial charge in [-0.25, -0.2) is 0 Å². The van der Waals surface area contributed by atoms with Gasteiger partial charge in [-0.1, -0.05) is 323 Å². The number of rotatable bonds is 58. The van der Waals surface area contributed by atoms with Crippen molar-refractivity contribution in [1.29, 1.82) is 0 Å². The first-order chi connectivity index (χ1) is 32.6. The molecule has 394 valence electrons. The molecule has 0 saturated heterocycles. The molecule has 5 heteroatoms. The lowest BCUT2D eigenvalue weighted by atomic mass is 10.0. The normalized spacial score (nSPS) is 12.0. The van der Waals surface area contributed by atoms with E-state index in [-0.39, 0.29) is 18.5 Å². The fraction of sp³-hybridized carbons (Fsp3) is 0.967. The number of hydrogen-bond donors (Lipinski definition) is 0. The van der Waals surface area contributed by atoms with E-state index in [0.717, 1.165) is 32.1 Å². The van der Waals surface area contributed by atoms with E-state index < -0.39 is 6.10 Å². The second-order valence-electron chi connectivity index (χ2n) is 21.0. The van der Waals surface area contributed by atoms with Crippen LogP contribution in [0.3, 0.4) is 0 Å². The molecule has 66 heavy (non-hydrogen) atoms. The second-order valence-corrected chi connectivity index (χ2v) is 21.0. The quantitative estimate of drug-likeness (QED) is 0.0449. The van der Waals surface area contributed by atoms with Crippen LogP contribution in [0.2, 0.25) is 0 Å². The van der Waals surface area contributed by atoms with E-state index in [0.29, 0.717) is 26.1 Å². The van der Waals surface area contributed by atoms with Crippen LogP contribution in [0.4, 0.5) is 0 Å². The van der Waals surface area contributed by atoms with Crippen LogP contribution in [0.1, 0.15) is 355 Å². The molecule has 1 unspecified atom stereocenters. The van der Waals surface area contributed by atoms with E-state index in [2.05, 4.69) is 20.8 Å². The zero-order valence-corrected chi connectivity index (χ0v) is 45.5. The third kappa shape index (κ3) is 55.5. The summed E-state index contributed by atoms with van der Waals surface area (Å²) < 4.78 is 17.5. The zero-order chi connectivity index (χ0) is 47.7. The van der Waals surface area contributed by atoms with Gasteiger partial charge in [-0.05, 0) is 19.3 Å². The molecule has 5 nitrogen and oxygen atoms in total. The van der Waals surface area contributed by atoms with Gasteiger partial charge in [-0.15, -0.1) is 0 Å². The molecule has 0 aromatic heterocycles. The molecule has 0 amide bonds. The zero-order valence-electron chi connectivity index (χ0n) is 45.5. The molecule has 0 saturated carbocycles. The van der Waals surface area contributed by atoms with Gasteiger partial charge in [-0.3, -0.25) is 9.59 Å². The molecular weight excluding hydrogens is 813 g/mol. The lowest BCUT2D eigenvalue weighted by Gasteiger charge is -2.18. The average molecular weight is 934 g/mol. The Morgan fingerprint density at radius 1 is 0.273 bits per heavy atom. The average Bonchev–Trinajstić information content (AvgIpc) is 3.32. The third-order valence-electron chi connectivity index (χ3n) is 14.1. The second kappa shape index (κ2) is 58.2. The van der Waals surface area contributed by atoms with Crippen LogP contribution in [-0.4, -0.2) is 37.9 Å². The molecule has 0 aromatic rings. The van der Waals surface area contributed by atoms with Crippen molar-refractivity contribution in [2.75, 3.05) is 19.8 Å². The molecule has 0 fully saturated rings. The van der Waals surface area contributed by atoms with Crippen LogP contribution in [0.15, 0.2) is 0 Å². The van der Waals surface area contributed by atoms with Crippen LogP contribution in [0.25, 0.3) is 0 Å². The molecule has 0 radical (unpaired) electrons. The highest BCUT2D eigenvalue weighted by Crippen LogP contribution is 2.18. The van der Waals surface area contributed by atoms with E-state index in [1.165, 1.54) is 289 Å². The van der Waals surface area contributed by atoms with Crippen molar-refractivity contribution in [1.82, 2.24) is 0 Å². The number of unbranched alkanes of at least 4 members (excludes halogenated alkanes) is 47. The van der Waals surface area contributed by atoms with Crippen LogP contribution in [-0.2, 0) is 23.8 Å². The first-order valence-electron chi connectivity index (χ1n) is 30.6. The molecule has 0 aliphatic rings. The number of hydrogen-bond acceptors (Lipinski definition) is 5. The predicted molar refractivity (Wildman–Crippen MR) is 289 cm³/mol. The highest BCUT2D eigenvalue weighted by Gasteiger charge is 2.18. The van der Waals surface area contributed by atoms with Gasteiger partial charge in [0.25, 0.3) is 0 Å². The standard InChI is InChI=1S/C61H120O5/c1-4-7-10-13-16-19-22-25-27-29-30-31-33-35-38-41-44-47-50-53-56-64-57-59(66-61(63)55-52-49-46-43-40-36-24-21-18-15-12-9-6-3)58-65-60(62)54-51-48-45-42-39-37-34-32-28-26-23-20-17-14-11-8-5-2/h59H,4-58H2,1-3H3. The fourth-order valence-electron chi connectivity index (χ4n) is 9.57. The van der Waals surface area contributed by atoms with E-state index in [1.54, 1.807) is 0 Å². The maximum absolute atomic E-state index is 12.9. The number of carbonyl (C=O) groups excluding carboxylic acids is 2. The summed E-state index contributed by atoms with van der Waals surface area (Å²) in [5, 5.41) is 0. The molecule has 1 atom stereocenters. The molecule has 0 aliphatic heterocycles. The van der Waals surface area contributed by atoms with Gasteiger partial charge in [0.05, 0.1) is 6.61 Å². The highest BCUT2D eigenvalue weighted by atomic mass is 16.6. The smallest absolute Gasteiger partial charge is 0.306 e. The van der Waals surface area contributed by atoms with E-state index in [4.69, 9.17) is 14.2 Å². The summed E-state index contributed by atoms with van der Waals surface area (Å²) in [6.45, 7) is 7.93. The van der Waals surface area contributed by atoms with Gasteiger partial charge >= 0.3 is 11.9 Å². The summed E-state index contributed by atoms with van der Waals surface area (Å²) in [7, 11) is 0. The maximum atomic E-state index is 12.9. The Labute approximate surface area is 414 Å². The molecule has 0 aromatic carbocycles. The van der Waals surface area contributed by atoms with Crippen molar-refractivity contribution in [3.63, 3.8) is 0 Å². The van der Waals surface area contributed by atoms with Gasteiger partial charge in [0, 0.05) is 19.4 Å². The fourth-order valence-corrected chi connectivity index (χ4v) is 9.57. The van der Waals surface area contributed by atoms with Gasteiger partial charge in [0.2, 0.25) is 0 Å².